The van der Waals surface area contributed by atoms with Crippen LogP contribution in [0.3, 0.4) is 0 Å². The first-order valence-corrected chi connectivity index (χ1v) is 7.20. The standard InChI is InChI=1S/C17H21NO4/c1-20-11-9-18(12-16-8-5-10-22-16)17(19)14-21-13-15-6-3-2-4-7-15/h2-8,10H,9,11-14H2,1H3. The maximum Gasteiger partial charge on any atom is 0.249 e. The van der Waals surface area contributed by atoms with Crippen molar-refractivity contribution < 1.29 is 18.7 Å². The monoisotopic (exact) mass is 303 g/mol. The fraction of sp³-hybridized carbons (Fsp3) is 0.353. The Labute approximate surface area is 130 Å². The minimum atomic E-state index is -0.0793. The Morgan fingerprint density at radius 3 is 2.68 bits per heavy atom. The van der Waals surface area contributed by atoms with E-state index in [1.807, 2.05) is 36.4 Å². The van der Waals surface area contributed by atoms with Crippen molar-refractivity contribution in [2.45, 2.75) is 13.2 Å². The molecule has 22 heavy (non-hydrogen) atoms. The van der Waals surface area contributed by atoms with Crippen molar-refractivity contribution >= 4 is 5.91 Å². The van der Waals surface area contributed by atoms with Crippen molar-refractivity contribution in [1.29, 1.82) is 0 Å². The number of furan rings is 1. The summed E-state index contributed by atoms with van der Waals surface area (Å²) in [5.74, 6) is 0.664. The molecule has 0 aliphatic heterocycles. The molecule has 1 heterocycles. The molecular weight excluding hydrogens is 282 g/mol. The van der Waals surface area contributed by atoms with Crippen LogP contribution in [-0.4, -0.2) is 37.7 Å². The van der Waals surface area contributed by atoms with Crippen molar-refractivity contribution in [3.8, 4) is 0 Å². The van der Waals surface area contributed by atoms with Crippen LogP contribution in [-0.2, 0) is 27.4 Å². The van der Waals surface area contributed by atoms with Gasteiger partial charge in [-0.05, 0) is 17.7 Å². The van der Waals surface area contributed by atoms with E-state index in [9.17, 15) is 4.79 Å². The van der Waals surface area contributed by atoms with Gasteiger partial charge >= 0.3 is 0 Å². The highest BCUT2D eigenvalue weighted by atomic mass is 16.5. The Morgan fingerprint density at radius 2 is 2.00 bits per heavy atom. The van der Waals surface area contributed by atoms with Gasteiger partial charge in [-0.15, -0.1) is 0 Å². The van der Waals surface area contributed by atoms with Crippen LogP contribution in [0.1, 0.15) is 11.3 Å². The van der Waals surface area contributed by atoms with E-state index in [1.165, 1.54) is 0 Å². The first-order valence-electron chi connectivity index (χ1n) is 7.20. The maximum absolute atomic E-state index is 12.3. The third-order valence-corrected chi connectivity index (χ3v) is 3.18. The van der Waals surface area contributed by atoms with Gasteiger partial charge < -0.3 is 18.8 Å². The summed E-state index contributed by atoms with van der Waals surface area (Å²) in [6.45, 7) is 1.87. The van der Waals surface area contributed by atoms with Gasteiger partial charge in [0, 0.05) is 13.7 Å². The summed E-state index contributed by atoms with van der Waals surface area (Å²) in [5, 5.41) is 0. The van der Waals surface area contributed by atoms with Crippen LogP contribution in [0.15, 0.2) is 53.1 Å². The molecule has 1 aromatic heterocycles. The Bertz CT molecular complexity index is 539. The van der Waals surface area contributed by atoms with Gasteiger partial charge in [-0.2, -0.15) is 0 Å². The Morgan fingerprint density at radius 1 is 1.18 bits per heavy atom. The van der Waals surface area contributed by atoms with Crippen LogP contribution < -0.4 is 0 Å². The van der Waals surface area contributed by atoms with Gasteiger partial charge in [0.1, 0.15) is 12.4 Å². The molecule has 0 fully saturated rings. The van der Waals surface area contributed by atoms with Gasteiger partial charge in [-0.3, -0.25) is 4.79 Å². The molecule has 0 unspecified atom stereocenters. The minimum absolute atomic E-state index is 0.0410. The van der Waals surface area contributed by atoms with E-state index in [1.54, 1.807) is 24.3 Å². The molecule has 2 aromatic rings. The molecule has 0 atom stereocenters. The van der Waals surface area contributed by atoms with Crippen molar-refractivity contribution in [1.82, 2.24) is 4.90 Å². The molecule has 0 radical (unpaired) electrons. The molecular formula is C17H21NO4. The van der Waals surface area contributed by atoms with Gasteiger partial charge in [0.15, 0.2) is 0 Å². The van der Waals surface area contributed by atoms with Crippen molar-refractivity contribution in [2.75, 3.05) is 26.9 Å². The second kappa shape index (κ2) is 9.02. The summed E-state index contributed by atoms with van der Waals surface area (Å²) >= 11 is 0. The second-order valence-corrected chi connectivity index (χ2v) is 4.87. The lowest BCUT2D eigenvalue weighted by atomic mass is 10.2. The number of ether oxygens (including phenoxy) is 2. The summed E-state index contributed by atoms with van der Waals surface area (Å²) in [6, 6.07) is 13.4. The van der Waals surface area contributed by atoms with Crippen molar-refractivity contribution in [3.63, 3.8) is 0 Å². The van der Waals surface area contributed by atoms with Gasteiger partial charge in [-0.25, -0.2) is 0 Å². The predicted octanol–water partition coefficient (Wildman–Crippen LogP) is 2.47. The zero-order chi connectivity index (χ0) is 15.6. The highest BCUT2D eigenvalue weighted by Gasteiger charge is 2.15. The molecule has 0 saturated carbocycles. The number of carbonyl (C=O) groups is 1. The zero-order valence-electron chi connectivity index (χ0n) is 12.7. The number of carbonyl (C=O) groups excluding carboxylic acids is 1. The molecule has 2 rings (SSSR count). The highest BCUT2D eigenvalue weighted by molar-refractivity contribution is 5.77. The second-order valence-electron chi connectivity index (χ2n) is 4.87. The molecule has 5 heteroatoms. The normalized spacial score (nSPS) is 10.6. The summed E-state index contributed by atoms with van der Waals surface area (Å²) < 4.78 is 15.8. The van der Waals surface area contributed by atoms with E-state index in [0.29, 0.717) is 26.3 Å². The van der Waals surface area contributed by atoms with Gasteiger partial charge in [0.05, 0.1) is 26.0 Å². The quantitative estimate of drug-likeness (QED) is 0.714. The van der Waals surface area contributed by atoms with Crippen LogP contribution in [0.5, 0.6) is 0 Å². The molecule has 0 spiro atoms. The molecule has 118 valence electrons. The van der Waals surface area contributed by atoms with Crippen molar-refractivity contribution in [3.05, 3.63) is 60.1 Å². The van der Waals surface area contributed by atoms with Gasteiger partial charge in [0.25, 0.3) is 0 Å². The number of benzene rings is 1. The lowest BCUT2D eigenvalue weighted by Gasteiger charge is -2.21. The molecule has 0 saturated heterocycles. The Kier molecular flexibility index (Phi) is 6.67. The summed E-state index contributed by atoms with van der Waals surface area (Å²) in [4.78, 5) is 13.9. The molecule has 0 aliphatic carbocycles. The zero-order valence-corrected chi connectivity index (χ0v) is 12.7. The van der Waals surface area contributed by atoms with E-state index in [4.69, 9.17) is 13.9 Å². The molecule has 5 nitrogen and oxygen atoms in total. The largest absolute Gasteiger partial charge is 0.467 e. The smallest absolute Gasteiger partial charge is 0.249 e. The molecule has 1 amide bonds. The fourth-order valence-corrected chi connectivity index (χ4v) is 2.01. The van der Waals surface area contributed by atoms with Crippen LogP contribution in [0, 0.1) is 0 Å². The average molecular weight is 303 g/mol. The molecule has 0 aliphatic rings. The number of hydrogen-bond donors (Lipinski definition) is 0. The lowest BCUT2D eigenvalue weighted by molar-refractivity contribution is -0.138. The van der Waals surface area contributed by atoms with E-state index in [2.05, 4.69) is 0 Å². The van der Waals surface area contributed by atoms with Crippen molar-refractivity contribution in [2.24, 2.45) is 0 Å². The number of amides is 1. The van der Waals surface area contributed by atoms with Crippen LogP contribution in [0.4, 0.5) is 0 Å². The summed E-state index contributed by atoms with van der Waals surface area (Å²) in [7, 11) is 1.61. The molecule has 0 N–H and O–H groups in total. The number of nitrogens with zero attached hydrogens (tertiary/aromatic N) is 1. The minimum Gasteiger partial charge on any atom is -0.467 e. The average Bonchev–Trinajstić information content (AvgIpc) is 3.05. The summed E-state index contributed by atoms with van der Waals surface area (Å²) in [5.41, 5.74) is 1.05. The summed E-state index contributed by atoms with van der Waals surface area (Å²) in [6.07, 6.45) is 1.60. The van der Waals surface area contributed by atoms with Gasteiger partial charge in [0.2, 0.25) is 5.91 Å². The Balaban J connectivity index is 1.82. The SMILES string of the molecule is COCCN(Cc1ccco1)C(=O)COCc1ccccc1. The van der Waals surface area contributed by atoms with E-state index < -0.39 is 0 Å². The van der Waals surface area contributed by atoms with E-state index in [0.717, 1.165) is 11.3 Å². The highest BCUT2D eigenvalue weighted by Crippen LogP contribution is 2.07. The number of methoxy groups -OCH3 is 1. The third kappa shape index (κ3) is 5.35. The van der Waals surface area contributed by atoms with Crippen LogP contribution in [0.25, 0.3) is 0 Å². The number of rotatable bonds is 9. The van der Waals surface area contributed by atoms with Crippen LogP contribution >= 0.6 is 0 Å². The predicted molar refractivity (Wildman–Crippen MR) is 82.1 cm³/mol. The maximum atomic E-state index is 12.3. The van der Waals surface area contributed by atoms with Gasteiger partial charge in [-0.1, -0.05) is 30.3 Å². The first kappa shape index (κ1) is 16.3. The lowest BCUT2D eigenvalue weighted by Crippen LogP contribution is -2.36. The third-order valence-electron chi connectivity index (χ3n) is 3.18. The molecule has 0 bridgehead atoms. The fourth-order valence-electron chi connectivity index (χ4n) is 2.01. The van der Waals surface area contributed by atoms with E-state index in [-0.39, 0.29) is 12.5 Å². The van der Waals surface area contributed by atoms with Crippen LogP contribution in [0.2, 0.25) is 0 Å². The molecule has 1 aromatic carbocycles. The van der Waals surface area contributed by atoms with E-state index >= 15 is 0 Å². The topological polar surface area (TPSA) is 51.9 Å². The first-order chi connectivity index (χ1) is 10.8. The number of hydrogen-bond acceptors (Lipinski definition) is 4. The Hall–Kier alpha value is -2.11.